The van der Waals surface area contributed by atoms with E-state index in [0.717, 1.165) is 12.0 Å². The minimum atomic E-state index is -0.418. The van der Waals surface area contributed by atoms with Crippen molar-refractivity contribution in [1.82, 2.24) is 10.6 Å². The van der Waals surface area contributed by atoms with E-state index in [0.29, 0.717) is 26.4 Å². The molecular formula is C16H24N2O3. The Morgan fingerprint density at radius 3 is 2.81 bits per heavy atom. The molecule has 2 rings (SSSR count). The van der Waals surface area contributed by atoms with E-state index in [9.17, 15) is 4.79 Å². The van der Waals surface area contributed by atoms with Gasteiger partial charge in [0.15, 0.2) is 0 Å². The Morgan fingerprint density at radius 1 is 1.38 bits per heavy atom. The Kier molecular flexibility index (Phi) is 5.59. The van der Waals surface area contributed by atoms with Gasteiger partial charge in [-0.25, -0.2) is 4.79 Å². The van der Waals surface area contributed by atoms with Gasteiger partial charge >= 0.3 is 6.03 Å². The number of carbonyl (C=O) groups is 1. The predicted octanol–water partition coefficient (Wildman–Crippen LogP) is 2.07. The van der Waals surface area contributed by atoms with Gasteiger partial charge in [0.05, 0.1) is 31.4 Å². The molecule has 5 heteroatoms. The highest BCUT2D eigenvalue weighted by Gasteiger charge is 2.23. The van der Waals surface area contributed by atoms with E-state index < -0.39 is 5.54 Å². The van der Waals surface area contributed by atoms with Crippen molar-refractivity contribution in [1.29, 1.82) is 0 Å². The average Bonchev–Trinajstić information content (AvgIpc) is 2.91. The van der Waals surface area contributed by atoms with Gasteiger partial charge in [-0.1, -0.05) is 30.3 Å². The summed E-state index contributed by atoms with van der Waals surface area (Å²) in [5, 5.41) is 5.85. The number of ether oxygens (including phenoxy) is 2. The Balaban J connectivity index is 1.69. The van der Waals surface area contributed by atoms with Gasteiger partial charge in [0.1, 0.15) is 0 Å². The number of amides is 2. The molecule has 1 heterocycles. The molecule has 0 unspecified atom stereocenters. The minimum Gasteiger partial charge on any atom is -0.379 e. The molecule has 1 fully saturated rings. The highest BCUT2D eigenvalue weighted by Crippen LogP contribution is 2.08. The number of carbonyl (C=O) groups excluding carboxylic acids is 1. The van der Waals surface area contributed by atoms with Crippen LogP contribution < -0.4 is 10.6 Å². The van der Waals surface area contributed by atoms with E-state index in [1.807, 2.05) is 44.2 Å². The van der Waals surface area contributed by atoms with E-state index in [1.54, 1.807) is 0 Å². The van der Waals surface area contributed by atoms with Gasteiger partial charge in [0, 0.05) is 6.61 Å². The molecule has 1 aliphatic rings. The van der Waals surface area contributed by atoms with Gasteiger partial charge in [-0.15, -0.1) is 0 Å². The molecule has 1 saturated heterocycles. The van der Waals surface area contributed by atoms with Gasteiger partial charge in [-0.2, -0.15) is 0 Å². The summed E-state index contributed by atoms with van der Waals surface area (Å²) in [6, 6.07) is 9.94. The molecule has 0 saturated carbocycles. The van der Waals surface area contributed by atoms with Crippen molar-refractivity contribution in [3.63, 3.8) is 0 Å². The van der Waals surface area contributed by atoms with Crippen molar-refractivity contribution in [3.05, 3.63) is 35.9 Å². The number of hydrogen-bond donors (Lipinski definition) is 2. The molecule has 0 bridgehead atoms. The van der Waals surface area contributed by atoms with Crippen LogP contribution in [0.2, 0.25) is 0 Å². The van der Waals surface area contributed by atoms with Crippen LogP contribution >= 0.6 is 0 Å². The van der Waals surface area contributed by atoms with E-state index >= 15 is 0 Å². The summed E-state index contributed by atoms with van der Waals surface area (Å²) in [6.45, 7) is 6.21. The maximum absolute atomic E-state index is 11.9. The van der Waals surface area contributed by atoms with Gasteiger partial charge < -0.3 is 20.1 Å². The first-order chi connectivity index (χ1) is 10.1. The second kappa shape index (κ2) is 7.43. The van der Waals surface area contributed by atoms with Crippen molar-refractivity contribution < 1.29 is 14.3 Å². The van der Waals surface area contributed by atoms with Crippen LogP contribution in [0.3, 0.4) is 0 Å². The Hall–Kier alpha value is -1.59. The van der Waals surface area contributed by atoms with Crippen LogP contribution in [-0.4, -0.2) is 37.4 Å². The number of hydrogen-bond acceptors (Lipinski definition) is 3. The molecule has 5 nitrogen and oxygen atoms in total. The van der Waals surface area contributed by atoms with Gasteiger partial charge in [0.25, 0.3) is 0 Å². The van der Waals surface area contributed by atoms with Crippen LogP contribution in [0.5, 0.6) is 0 Å². The van der Waals surface area contributed by atoms with E-state index in [1.165, 1.54) is 0 Å². The van der Waals surface area contributed by atoms with Crippen LogP contribution in [0, 0.1) is 0 Å². The lowest BCUT2D eigenvalue weighted by molar-refractivity contribution is 0.0741. The van der Waals surface area contributed by atoms with Crippen LogP contribution in [0.25, 0.3) is 0 Å². The predicted molar refractivity (Wildman–Crippen MR) is 81.1 cm³/mol. The Labute approximate surface area is 126 Å². The summed E-state index contributed by atoms with van der Waals surface area (Å²) < 4.78 is 10.9. The number of urea groups is 1. The van der Waals surface area contributed by atoms with Crippen molar-refractivity contribution in [2.24, 2.45) is 0 Å². The monoisotopic (exact) mass is 292 g/mol. The lowest BCUT2D eigenvalue weighted by Crippen LogP contribution is -2.53. The molecular weight excluding hydrogens is 268 g/mol. The zero-order valence-electron chi connectivity index (χ0n) is 12.7. The topological polar surface area (TPSA) is 59.6 Å². The van der Waals surface area contributed by atoms with E-state index in [-0.39, 0.29) is 12.1 Å². The van der Waals surface area contributed by atoms with Crippen molar-refractivity contribution in [2.75, 3.05) is 19.8 Å². The fraction of sp³-hybridized carbons (Fsp3) is 0.562. The molecule has 0 aromatic heterocycles. The second-order valence-corrected chi connectivity index (χ2v) is 6.02. The molecule has 2 N–H and O–H groups in total. The largest absolute Gasteiger partial charge is 0.379 e. The normalized spacial score (nSPS) is 18.5. The second-order valence-electron chi connectivity index (χ2n) is 6.02. The summed E-state index contributed by atoms with van der Waals surface area (Å²) in [4.78, 5) is 11.9. The summed E-state index contributed by atoms with van der Waals surface area (Å²) in [7, 11) is 0. The number of nitrogens with one attached hydrogen (secondary N) is 2. The first-order valence-electron chi connectivity index (χ1n) is 7.33. The molecule has 1 aromatic carbocycles. The zero-order valence-corrected chi connectivity index (χ0v) is 12.7. The maximum Gasteiger partial charge on any atom is 0.315 e. The molecule has 21 heavy (non-hydrogen) atoms. The third-order valence-electron chi connectivity index (χ3n) is 3.29. The molecule has 2 amide bonds. The average molecular weight is 292 g/mol. The van der Waals surface area contributed by atoms with Gasteiger partial charge in [-0.05, 0) is 25.8 Å². The van der Waals surface area contributed by atoms with Crippen LogP contribution in [0.15, 0.2) is 30.3 Å². The molecule has 1 aromatic rings. The van der Waals surface area contributed by atoms with Crippen LogP contribution in [0.4, 0.5) is 4.79 Å². The van der Waals surface area contributed by atoms with Crippen molar-refractivity contribution in [3.8, 4) is 0 Å². The minimum absolute atomic E-state index is 0.117. The summed E-state index contributed by atoms with van der Waals surface area (Å²) in [5.41, 5.74) is 0.707. The quantitative estimate of drug-likeness (QED) is 0.844. The third-order valence-corrected chi connectivity index (χ3v) is 3.29. The van der Waals surface area contributed by atoms with Crippen molar-refractivity contribution in [2.45, 2.75) is 38.5 Å². The number of benzene rings is 1. The Bertz CT molecular complexity index is 442. The molecule has 1 aliphatic heterocycles. The SMILES string of the molecule is CC(C)(COCc1ccccc1)NC(=O)N[C@H]1CCOC1. The number of rotatable bonds is 6. The molecule has 0 spiro atoms. The third kappa shape index (κ3) is 5.73. The summed E-state index contributed by atoms with van der Waals surface area (Å²) >= 11 is 0. The summed E-state index contributed by atoms with van der Waals surface area (Å²) in [6.07, 6.45) is 0.873. The first kappa shape index (κ1) is 15.8. The molecule has 116 valence electrons. The van der Waals surface area contributed by atoms with Gasteiger partial charge in [0.2, 0.25) is 0 Å². The zero-order chi connectivity index (χ0) is 15.1. The summed E-state index contributed by atoms with van der Waals surface area (Å²) in [5.74, 6) is 0. The molecule has 1 atom stereocenters. The maximum atomic E-state index is 11.9. The van der Waals surface area contributed by atoms with Crippen LogP contribution in [0.1, 0.15) is 25.8 Å². The highest BCUT2D eigenvalue weighted by atomic mass is 16.5. The first-order valence-corrected chi connectivity index (χ1v) is 7.33. The fourth-order valence-electron chi connectivity index (χ4n) is 2.21. The smallest absolute Gasteiger partial charge is 0.315 e. The fourth-order valence-corrected chi connectivity index (χ4v) is 2.21. The highest BCUT2D eigenvalue weighted by molar-refractivity contribution is 5.75. The standard InChI is InChI=1S/C16H24N2O3/c1-16(2,12-21-10-13-6-4-3-5-7-13)18-15(19)17-14-8-9-20-11-14/h3-7,14H,8-12H2,1-2H3,(H2,17,18,19)/t14-/m0/s1. The van der Waals surface area contributed by atoms with Gasteiger partial charge in [-0.3, -0.25) is 0 Å². The van der Waals surface area contributed by atoms with Crippen molar-refractivity contribution >= 4 is 6.03 Å². The Morgan fingerprint density at radius 2 is 2.14 bits per heavy atom. The molecule has 0 radical (unpaired) electrons. The van der Waals surface area contributed by atoms with E-state index in [4.69, 9.17) is 9.47 Å². The molecule has 0 aliphatic carbocycles. The van der Waals surface area contributed by atoms with E-state index in [2.05, 4.69) is 10.6 Å². The lowest BCUT2D eigenvalue weighted by atomic mass is 10.1. The van der Waals surface area contributed by atoms with Crippen LogP contribution in [-0.2, 0) is 16.1 Å². The lowest BCUT2D eigenvalue weighted by Gasteiger charge is -2.27.